The predicted molar refractivity (Wildman–Crippen MR) is 70.9 cm³/mol. The van der Waals surface area contributed by atoms with E-state index in [0.29, 0.717) is 6.42 Å². The molecule has 1 fully saturated rings. The third-order valence-corrected chi connectivity index (χ3v) is 3.31. The number of ether oxygens (including phenoxy) is 2. The SMILES string of the molecule is COC(=O)[C@H](C[C@H](C)C(=O)OC)NC(=O)[C@@H]1CCC(=O)N1. The number of hydrogen-bond donors (Lipinski definition) is 2. The van der Waals surface area contributed by atoms with Crippen LogP contribution in [-0.4, -0.2) is 50.1 Å². The van der Waals surface area contributed by atoms with Crippen molar-refractivity contribution in [3.05, 3.63) is 0 Å². The van der Waals surface area contributed by atoms with Gasteiger partial charge in [0, 0.05) is 6.42 Å². The third kappa shape index (κ3) is 4.73. The van der Waals surface area contributed by atoms with Crippen LogP contribution in [0.2, 0.25) is 0 Å². The van der Waals surface area contributed by atoms with Gasteiger partial charge in [0.2, 0.25) is 11.8 Å². The highest BCUT2D eigenvalue weighted by Crippen LogP contribution is 2.11. The van der Waals surface area contributed by atoms with Crippen LogP contribution in [0.5, 0.6) is 0 Å². The van der Waals surface area contributed by atoms with E-state index in [0.717, 1.165) is 0 Å². The van der Waals surface area contributed by atoms with Gasteiger partial charge in [0.1, 0.15) is 12.1 Å². The zero-order chi connectivity index (χ0) is 16.0. The molecule has 21 heavy (non-hydrogen) atoms. The summed E-state index contributed by atoms with van der Waals surface area (Å²) in [7, 11) is 2.44. The number of methoxy groups -OCH3 is 2. The maximum absolute atomic E-state index is 12.0. The molecule has 0 radical (unpaired) electrons. The van der Waals surface area contributed by atoms with E-state index in [2.05, 4.69) is 20.1 Å². The van der Waals surface area contributed by atoms with Gasteiger partial charge in [0.05, 0.1) is 20.1 Å². The lowest BCUT2D eigenvalue weighted by atomic mass is 10.0. The Bertz CT molecular complexity index is 436. The van der Waals surface area contributed by atoms with Gasteiger partial charge in [-0.3, -0.25) is 14.4 Å². The first kappa shape index (κ1) is 16.9. The lowest BCUT2D eigenvalue weighted by Crippen LogP contribution is -2.50. The van der Waals surface area contributed by atoms with Gasteiger partial charge in [-0.05, 0) is 12.8 Å². The minimum atomic E-state index is -0.964. The topological polar surface area (TPSA) is 111 Å². The fourth-order valence-corrected chi connectivity index (χ4v) is 2.09. The van der Waals surface area contributed by atoms with Crippen molar-refractivity contribution in [1.82, 2.24) is 10.6 Å². The zero-order valence-corrected chi connectivity index (χ0v) is 12.3. The van der Waals surface area contributed by atoms with Gasteiger partial charge in [-0.25, -0.2) is 4.79 Å². The Balaban J connectivity index is 2.65. The Kier molecular flexibility index (Phi) is 6.13. The molecule has 0 spiro atoms. The summed E-state index contributed by atoms with van der Waals surface area (Å²) in [5, 5.41) is 5.01. The molecule has 2 N–H and O–H groups in total. The maximum atomic E-state index is 12.0. The second kappa shape index (κ2) is 7.61. The average Bonchev–Trinajstić information content (AvgIpc) is 2.91. The number of esters is 2. The lowest BCUT2D eigenvalue weighted by molar-refractivity contribution is -0.149. The molecule has 8 heteroatoms. The van der Waals surface area contributed by atoms with Crippen LogP contribution in [0, 0.1) is 5.92 Å². The van der Waals surface area contributed by atoms with Gasteiger partial charge in [-0.1, -0.05) is 6.92 Å². The van der Waals surface area contributed by atoms with Crippen LogP contribution in [-0.2, 0) is 28.7 Å². The molecule has 0 bridgehead atoms. The average molecular weight is 300 g/mol. The molecule has 0 aromatic rings. The van der Waals surface area contributed by atoms with E-state index < -0.39 is 35.8 Å². The first-order valence-electron chi connectivity index (χ1n) is 6.64. The summed E-state index contributed by atoms with van der Waals surface area (Å²) in [5.41, 5.74) is 0. The molecule has 0 unspecified atom stereocenters. The molecule has 0 aromatic carbocycles. The second-order valence-corrected chi connectivity index (χ2v) is 4.90. The summed E-state index contributed by atoms with van der Waals surface area (Å²) < 4.78 is 9.20. The predicted octanol–water partition coefficient (Wildman–Crippen LogP) is -0.878. The summed E-state index contributed by atoms with van der Waals surface area (Å²) in [6.07, 6.45) is 0.719. The molecule has 1 saturated heterocycles. The van der Waals surface area contributed by atoms with Crippen LogP contribution in [0.3, 0.4) is 0 Å². The number of hydrogen-bond acceptors (Lipinski definition) is 6. The quantitative estimate of drug-likeness (QED) is 0.616. The van der Waals surface area contributed by atoms with E-state index in [-0.39, 0.29) is 18.7 Å². The molecule has 1 heterocycles. The van der Waals surface area contributed by atoms with Crippen molar-refractivity contribution < 1.29 is 28.7 Å². The lowest BCUT2D eigenvalue weighted by Gasteiger charge is -2.21. The fraction of sp³-hybridized carbons (Fsp3) is 0.692. The zero-order valence-electron chi connectivity index (χ0n) is 12.3. The van der Waals surface area contributed by atoms with Gasteiger partial charge in [-0.2, -0.15) is 0 Å². The van der Waals surface area contributed by atoms with Gasteiger partial charge in [-0.15, -0.1) is 0 Å². The molecular weight excluding hydrogens is 280 g/mol. The van der Waals surface area contributed by atoms with Crippen LogP contribution >= 0.6 is 0 Å². The maximum Gasteiger partial charge on any atom is 0.328 e. The smallest absolute Gasteiger partial charge is 0.328 e. The number of rotatable bonds is 6. The molecule has 118 valence electrons. The number of carbonyl (C=O) groups excluding carboxylic acids is 4. The molecule has 2 amide bonds. The van der Waals surface area contributed by atoms with E-state index in [1.54, 1.807) is 6.92 Å². The standard InChI is InChI=1S/C13H20N2O6/c1-7(12(18)20-2)6-9(13(19)21-3)15-11(17)8-4-5-10(16)14-8/h7-9H,4-6H2,1-3H3,(H,14,16)(H,15,17)/t7-,8-,9-/m0/s1. The Morgan fingerprint density at radius 2 is 1.90 bits per heavy atom. The summed E-state index contributed by atoms with van der Waals surface area (Å²) >= 11 is 0. The van der Waals surface area contributed by atoms with Crippen molar-refractivity contribution >= 4 is 23.8 Å². The van der Waals surface area contributed by atoms with E-state index in [4.69, 9.17) is 0 Å². The third-order valence-electron chi connectivity index (χ3n) is 3.31. The summed E-state index contributed by atoms with van der Waals surface area (Å²) in [5.74, 6) is -2.37. The Morgan fingerprint density at radius 1 is 1.29 bits per heavy atom. The minimum absolute atomic E-state index is 0.0613. The first-order chi connectivity index (χ1) is 9.88. The van der Waals surface area contributed by atoms with Crippen molar-refractivity contribution in [2.24, 2.45) is 5.92 Å². The Morgan fingerprint density at radius 3 is 2.38 bits per heavy atom. The molecular formula is C13H20N2O6. The Hall–Kier alpha value is -2.12. The van der Waals surface area contributed by atoms with E-state index in [1.165, 1.54) is 14.2 Å². The fourth-order valence-electron chi connectivity index (χ4n) is 2.09. The molecule has 0 aromatic heterocycles. The van der Waals surface area contributed by atoms with Crippen LogP contribution in [0.1, 0.15) is 26.2 Å². The molecule has 3 atom stereocenters. The summed E-state index contributed by atoms with van der Waals surface area (Å²) in [6.45, 7) is 1.59. The van der Waals surface area contributed by atoms with E-state index >= 15 is 0 Å². The van der Waals surface area contributed by atoms with E-state index in [1.807, 2.05) is 0 Å². The first-order valence-corrected chi connectivity index (χ1v) is 6.64. The van der Waals surface area contributed by atoms with Gasteiger partial charge < -0.3 is 20.1 Å². The van der Waals surface area contributed by atoms with Crippen LogP contribution in [0.4, 0.5) is 0 Å². The van der Waals surface area contributed by atoms with Gasteiger partial charge in [0.25, 0.3) is 0 Å². The Labute approximate surface area is 122 Å². The van der Waals surface area contributed by atoms with Gasteiger partial charge >= 0.3 is 11.9 Å². The van der Waals surface area contributed by atoms with Gasteiger partial charge in [0.15, 0.2) is 0 Å². The molecule has 1 aliphatic rings. The highest BCUT2D eigenvalue weighted by Gasteiger charge is 2.32. The van der Waals surface area contributed by atoms with Crippen LogP contribution in [0.25, 0.3) is 0 Å². The highest BCUT2D eigenvalue weighted by atomic mass is 16.5. The monoisotopic (exact) mass is 300 g/mol. The second-order valence-electron chi connectivity index (χ2n) is 4.90. The highest BCUT2D eigenvalue weighted by molar-refractivity contribution is 5.93. The minimum Gasteiger partial charge on any atom is -0.469 e. The molecule has 1 rings (SSSR count). The van der Waals surface area contributed by atoms with Crippen molar-refractivity contribution in [3.8, 4) is 0 Å². The summed E-state index contributed by atoms with van der Waals surface area (Å²) in [4.78, 5) is 46.2. The van der Waals surface area contributed by atoms with Crippen molar-refractivity contribution in [3.63, 3.8) is 0 Å². The number of amides is 2. The normalized spacial score (nSPS) is 20.1. The number of nitrogens with one attached hydrogen (secondary N) is 2. The van der Waals surface area contributed by atoms with Crippen LogP contribution in [0.15, 0.2) is 0 Å². The molecule has 0 aliphatic carbocycles. The molecule has 8 nitrogen and oxygen atoms in total. The largest absolute Gasteiger partial charge is 0.469 e. The molecule has 1 aliphatic heterocycles. The van der Waals surface area contributed by atoms with Crippen molar-refractivity contribution in [2.45, 2.75) is 38.3 Å². The van der Waals surface area contributed by atoms with Crippen molar-refractivity contribution in [2.75, 3.05) is 14.2 Å². The molecule has 0 saturated carbocycles. The van der Waals surface area contributed by atoms with E-state index in [9.17, 15) is 19.2 Å². The van der Waals surface area contributed by atoms with Crippen molar-refractivity contribution in [1.29, 1.82) is 0 Å². The number of carbonyl (C=O) groups is 4. The summed E-state index contributed by atoms with van der Waals surface area (Å²) in [6, 6.07) is -1.62. The van der Waals surface area contributed by atoms with Crippen LogP contribution < -0.4 is 10.6 Å².